The van der Waals surface area contributed by atoms with Crippen LogP contribution in [0.2, 0.25) is 0 Å². The average Bonchev–Trinajstić information content (AvgIpc) is 3.23. The second kappa shape index (κ2) is 5.87. The summed E-state index contributed by atoms with van der Waals surface area (Å²) in [5.74, 6) is -2.09. The van der Waals surface area contributed by atoms with Gasteiger partial charge in [0.05, 0.1) is 24.3 Å². The van der Waals surface area contributed by atoms with Crippen LogP contribution in [0, 0.1) is 23.2 Å². The molecular weight excluding hydrogens is 244 g/mol. The maximum atomic E-state index is 12.5. The summed E-state index contributed by atoms with van der Waals surface area (Å²) in [6, 6.07) is 2.27. The van der Waals surface area contributed by atoms with Crippen molar-refractivity contribution in [1.29, 1.82) is 5.26 Å². The predicted octanol–water partition coefficient (Wildman–Crippen LogP) is 1.56. The number of nitrogens with zero attached hydrogens (tertiary/aromatic N) is 2. The van der Waals surface area contributed by atoms with Gasteiger partial charge in [0.1, 0.15) is 0 Å². The smallest absolute Gasteiger partial charge is 0.307 e. The number of carbonyl (C=O) groups is 2. The third-order valence-electron chi connectivity index (χ3n) is 3.80. The zero-order valence-electron chi connectivity index (χ0n) is 10.8. The molecule has 0 bridgehead atoms. The lowest BCUT2D eigenvalue weighted by atomic mass is 9.82. The summed E-state index contributed by atoms with van der Waals surface area (Å²) in [5.41, 5.74) is 0. The quantitative estimate of drug-likeness (QED) is 0.762. The predicted molar refractivity (Wildman–Crippen MR) is 68.0 cm³/mol. The van der Waals surface area contributed by atoms with Crippen molar-refractivity contribution in [2.75, 3.05) is 6.54 Å². The van der Waals surface area contributed by atoms with E-state index in [1.807, 2.05) is 18.2 Å². The van der Waals surface area contributed by atoms with Crippen LogP contribution in [0.4, 0.5) is 0 Å². The maximum absolute atomic E-state index is 12.5. The van der Waals surface area contributed by atoms with E-state index in [-0.39, 0.29) is 11.9 Å². The Morgan fingerprint density at radius 1 is 1.26 bits per heavy atom. The monoisotopic (exact) mass is 262 g/mol. The standard InChI is InChI=1S/C14H18N2O3/c15-8-3-9-16(10-6-7-10)13(17)11-4-1-2-5-12(11)14(18)19/h1-2,10-12H,3-7,9H2,(H,18,19). The number of carboxylic acids is 1. The molecule has 5 heteroatoms. The van der Waals surface area contributed by atoms with Gasteiger partial charge in [0.2, 0.25) is 5.91 Å². The van der Waals surface area contributed by atoms with E-state index < -0.39 is 17.8 Å². The Hall–Kier alpha value is -1.83. The molecule has 1 saturated carbocycles. The molecule has 2 aliphatic rings. The Kier molecular flexibility index (Phi) is 4.20. The lowest BCUT2D eigenvalue weighted by molar-refractivity contribution is -0.150. The van der Waals surface area contributed by atoms with E-state index in [0.29, 0.717) is 25.8 Å². The third kappa shape index (κ3) is 3.14. The van der Waals surface area contributed by atoms with E-state index in [4.69, 9.17) is 5.26 Å². The zero-order chi connectivity index (χ0) is 13.8. The third-order valence-corrected chi connectivity index (χ3v) is 3.80. The van der Waals surface area contributed by atoms with Gasteiger partial charge >= 0.3 is 5.97 Å². The van der Waals surface area contributed by atoms with Crippen molar-refractivity contribution in [3.8, 4) is 6.07 Å². The SMILES string of the molecule is N#CCCN(C(=O)C1CC=CCC1C(=O)O)C1CC1. The number of carboxylic acid groups (broad SMARTS) is 1. The largest absolute Gasteiger partial charge is 0.481 e. The van der Waals surface area contributed by atoms with Crippen molar-refractivity contribution in [1.82, 2.24) is 4.90 Å². The van der Waals surface area contributed by atoms with E-state index in [2.05, 4.69) is 0 Å². The fraction of sp³-hybridized carbons (Fsp3) is 0.643. The lowest BCUT2D eigenvalue weighted by Crippen LogP contribution is -2.43. The van der Waals surface area contributed by atoms with Crippen LogP contribution in [0.15, 0.2) is 12.2 Å². The number of amides is 1. The summed E-state index contributed by atoms with van der Waals surface area (Å²) >= 11 is 0. The lowest BCUT2D eigenvalue weighted by Gasteiger charge is -2.30. The second-order valence-electron chi connectivity index (χ2n) is 5.16. The van der Waals surface area contributed by atoms with Gasteiger partial charge < -0.3 is 10.0 Å². The molecule has 2 atom stereocenters. The molecule has 0 aromatic heterocycles. The highest BCUT2D eigenvalue weighted by Gasteiger charge is 2.40. The van der Waals surface area contributed by atoms with Gasteiger partial charge in [-0.1, -0.05) is 12.2 Å². The number of hydrogen-bond acceptors (Lipinski definition) is 3. The van der Waals surface area contributed by atoms with Crippen LogP contribution in [-0.4, -0.2) is 34.5 Å². The van der Waals surface area contributed by atoms with Crippen LogP contribution in [-0.2, 0) is 9.59 Å². The molecule has 0 radical (unpaired) electrons. The number of hydrogen-bond donors (Lipinski definition) is 1. The van der Waals surface area contributed by atoms with Crippen molar-refractivity contribution in [3.63, 3.8) is 0 Å². The van der Waals surface area contributed by atoms with Crippen molar-refractivity contribution < 1.29 is 14.7 Å². The van der Waals surface area contributed by atoms with Crippen molar-refractivity contribution in [3.05, 3.63) is 12.2 Å². The summed E-state index contributed by atoms with van der Waals surface area (Å²) in [7, 11) is 0. The van der Waals surface area contributed by atoms with E-state index in [1.165, 1.54) is 0 Å². The van der Waals surface area contributed by atoms with E-state index in [9.17, 15) is 14.7 Å². The molecule has 2 aliphatic carbocycles. The van der Waals surface area contributed by atoms with Crippen LogP contribution < -0.4 is 0 Å². The fourth-order valence-corrected chi connectivity index (χ4v) is 2.60. The van der Waals surface area contributed by atoms with E-state index >= 15 is 0 Å². The van der Waals surface area contributed by atoms with Crippen LogP contribution in [0.5, 0.6) is 0 Å². The molecule has 0 saturated heterocycles. The Morgan fingerprint density at radius 2 is 1.89 bits per heavy atom. The van der Waals surface area contributed by atoms with Gasteiger partial charge in [0, 0.05) is 12.6 Å². The molecule has 2 rings (SSSR count). The Balaban J connectivity index is 2.08. The summed E-state index contributed by atoms with van der Waals surface area (Å²) in [5, 5.41) is 17.9. The van der Waals surface area contributed by atoms with Gasteiger partial charge in [-0.2, -0.15) is 5.26 Å². The number of rotatable bonds is 5. The molecule has 5 nitrogen and oxygen atoms in total. The molecule has 0 aromatic rings. The van der Waals surface area contributed by atoms with Gasteiger partial charge in [-0.15, -0.1) is 0 Å². The minimum absolute atomic E-state index is 0.0884. The summed E-state index contributed by atoms with van der Waals surface area (Å²) < 4.78 is 0. The first-order valence-electron chi connectivity index (χ1n) is 6.70. The molecule has 19 heavy (non-hydrogen) atoms. The minimum Gasteiger partial charge on any atom is -0.481 e. The van der Waals surface area contributed by atoms with E-state index in [1.54, 1.807) is 4.90 Å². The minimum atomic E-state index is -0.904. The summed E-state index contributed by atoms with van der Waals surface area (Å²) in [6.45, 7) is 0.423. The highest BCUT2D eigenvalue weighted by atomic mass is 16.4. The first kappa shape index (κ1) is 13.6. The fourth-order valence-electron chi connectivity index (χ4n) is 2.60. The van der Waals surface area contributed by atoms with Gasteiger partial charge in [-0.25, -0.2) is 0 Å². The second-order valence-corrected chi connectivity index (χ2v) is 5.16. The van der Waals surface area contributed by atoms with Crippen LogP contribution >= 0.6 is 0 Å². The number of allylic oxidation sites excluding steroid dienone is 2. The van der Waals surface area contributed by atoms with Crippen molar-refractivity contribution >= 4 is 11.9 Å². The molecule has 0 aliphatic heterocycles. The van der Waals surface area contributed by atoms with Crippen LogP contribution in [0.25, 0.3) is 0 Å². The average molecular weight is 262 g/mol. The molecule has 0 heterocycles. The Morgan fingerprint density at radius 3 is 2.42 bits per heavy atom. The number of carbonyl (C=O) groups excluding carboxylic acids is 1. The summed E-state index contributed by atoms with van der Waals surface area (Å²) in [6.07, 6.45) is 6.88. The molecule has 0 spiro atoms. The molecule has 1 N–H and O–H groups in total. The highest BCUT2D eigenvalue weighted by molar-refractivity contribution is 5.85. The van der Waals surface area contributed by atoms with Crippen LogP contribution in [0.1, 0.15) is 32.1 Å². The molecule has 0 aromatic carbocycles. The first-order chi connectivity index (χ1) is 9.15. The van der Waals surface area contributed by atoms with Crippen LogP contribution in [0.3, 0.4) is 0 Å². The molecule has 1 amide bonds. The highest BCUT2D eigenvalue weighted by Crippen LogP contribution is 2.33. The topological polar surface area (TPSA) is 81.4 Å². The van der Waals surface area contributed by atoms with Crippen molar-refractivity contribution in [2.24, 2.45) is 11.8 Å². The first-order valence-corrected chi connectivity index (χ1v) is 6.70. The number of nitriles is 1. The van der Waals surface area contributed by atoms with Crippen molar-refractivity contribution in [2.45, 2.75) is 38.1 Å². The van der Waals surface area contributed by atoms with Gasteiger partial charge in [0.25, 0.3) is 0 Å². The van der Waals surface area contributed by atoms with Gasteiger partial charge in [0.15, 0.2) is 0 Å². The molecule has 1 fully saturated rings. The Labute approximate surface area is 112 Å². The maximum Gasteiger partial charge on any atom is 0.307 e. The molecule has 2 unspecified atom stereocenters. The van der Waals surface area contributed by atoms with Gasteiger partial charge in [-0.05, 0) is 25.7 Å². The Bertz CT molecular complexity index is 434. The molecular formula is C14H18N2O3. The normalized spacial score (nSPS) is 25.6. The zero-order valence-corrected chi connectivity index (χ0v) is 10.8. The van der Waals surface area contributed by atoms with Gasteiger partial charge in [-0.3, -0.25) is 9.59 Å². The summed E-state index contributed by atoms with van der Waals surface area (Å²) in [4.78, 5) is 25.5. The molecule has 102 valence electrons. The number of aliphatic carboxylic acids is 1. The van der Waals surface area contributed by atoms with E-state index in [0.717, 1.165) is 12.8 Å².